The van der Waals surface area contributed by atoms with Gasteiger partial charge < -0.3 is 24.2 Å². The lowest BCUT2D eigenvalue weighted by Crippen LogP contribution is -2.50. The second kappa shape index (κ2) is 8.52. The van der Waals surface area contributed by atoms with Crippen LogP contribution in [-0.4, -0.2) is 97.8 Å². The normalized spacial score (nSPS) is 38.0. The molecule has 3 atom stereocenters. The molecule has 3 saturated heterocycles. The molecule has 1 saturated carbocycles. The zero-order valence-corrected chi connectivity index (χ0v) is 15.6. The number of aliphatic hydroxyl groups is 1. The fraction of sp³-hybridized carbons (Fsp3) is 0.947. The van der Waals surface area contributed by atoms with Gasteiger partial charge in [-0.25, -0.2) is 0 Å². The number of aliphatic hydroxyl groups excluding tert-OH is 1. The molecule has 3 aliphatic heterocycles. The molecule has 7 heteroatoms. The maximum absolute atomic E-state index is 12.6. The minimum Gasteiger partial charge on any atom is -0.393 e. The molecule has 1 amide bonds. The van der Waals surface area contributed by atoms with Crippen LogP contribution in [0, 0.1) is 5.92 Å². The summed E-state index contributed by atoms with van der Waals surface area (Å²) in [7, 11) is 0. The van der Waals surface area contributed by atoms with Gasteiger partial charge in [0.25, 0.3) is 0 Å². The molecular weight excluding hydrogens is 336 g/mol. The van der Waals surface area contributed by atoms with Crippen LogP contribution in [0.2, 0.25) is 0 Å². The van der Waals surface area contributed by atoms with E-state index in [9.17, 15) is 9.90 Å². The number of rotatable bonds is 6. The number of hydrogen-bond acceptors (Lipinski definition) is 6. The molecule has 148 valence electrons. The second-order valence-electron chi connectivity index (χ2n) is 8.11. The smallest absolute Gasteiger partial charge is 0.226 e. The zero-order valence-electron chi connectivity index (χ0n) is 15.6. The van der Waals surface area contributed by atoms with Crippen LogP contribution in [0.4, 0.5) is 0 Å². The number of amides is 1. The minimum absolute atomic E-state index is 0.0324. The lowest BCUT2D eigenvalue weighted by atomic mass is 9.81. The van der Waals surface area contributed by atoms with E-state index in [1.807, 2.05) is 4.90 Å². The SMILES string of the molecule is O=C(C1CC(O)C1)N1CC[C@H]2O[C@@H](COCCN3CCOCC3)CC[C@H]21. The summed E-state index contributed by atoms with van der Waals surface area (Å²) in [4.78, 5) is 17.0. The van der Waals surface area contributed by atoms with Crippen molar-refractivity contribution in [2.75, 3.05) is 52.6 Å². The Morgan fingerprint density at radius 3 is 2.69 bits per heavy atom. The second-order valence-corrected chi connectivity index (χ2v) is 8.11. The average Bonchev–Trinajstić information content (AvgIpc) is 3.06. The fourth-order valence-electron chi connectivity index (χ4n) is 4.65. The van der Waals surface area contributed by atoms with E-state index in [2.05, 4.69) is 4.90 Å². The number of fused-ring (bicyclic) bond motifs is 1. The quantitative estimate of drug-likeness (QED) is 0.678. The molecule has 0 radical (unpaired) electrons. The first-order chi connectivity index (χ1) is 12.7. The molecule has 1 aliphatic carbocycles. The van der Waals surface area contributed by atoms with Crippen LogP contribution in [-0.2, 0) is 19.0 Å². The number of ether oxygens (including phenoxy) is 3. The van der Waals surface area contributed by atoms with E-state index in [4.69, 9.17) is 14.2 Å². The van der Waals surface area contributed by atoms with Crippen LogP contribution < -0.4 is 0 Å². The molecule has 0 spiro atoms. The molecule has 0 aromatic rings. The Labute approximate surface area is 155 Å². The predicted molar refractivity (Wildman–Crippen MR) is 94.8 cm³/mol. The monoisotopic (exact) mass is 368 g/mol. The summed E-state index contributed by atoms with van der Waals surface area (Å²) < 4.78 is 17.4. The molecule has 0 aromatic heterocycles. The lowest BCUT2D eigenvalue weighted by Gasteiger charge is -2.39. The highest BCUT2D eigenvalue weighted by molar-refractivity contribution is 5.80. The van der Waals surface area contributed by atoms with E-state index in [1.165, 1.54) is 0 Å². The Kier molecular flexibility index (Phi) is 6.10. The lowest BCUT2D eigenvalue weighted by molar-refractivity contribution is -0.149. The molecule has 7 nitrogen and oxygen atoms in total. The van der Waals surface area contributed by atoms with Crippen molar-refractivity contribution in [3.05, 3.63) is 0 Å². The Morgan fingerprint density at radius 2 is 1.92 bits per heavy atom. The van der Waals surface area contributed by atoms with Gasteiger partial charge >= 0.3 is 0 Å². The fourth-order valence-corrected chi connectivity index (χ4v) is 4.65. The predicted octanol–water partition coefficient (Wildman–Crippen LogP) is 0.255. The van der Waals surface area contributed by atoms with E-state index >= 15 is 0 Å². The van der Waals surface area contributed by atoms with Gasteiger partial charge in [0.15, 0.2) is 0 Å². The number of likely N-dealkylation sites (tertiary alicyclic amines) is 1. The number of carbonyl (C=O) groups excluding carboxylic acids is 1. The van der Waals surface area contributed by atoms with Crippen LogP contribution in [0.1, 0.15) is 32.1 Å². The van der Waals surface area contributed by atoms with E-state index in [0.29, 0.717) is 19.4 Å². The van der Waals surface area contributed by atoms with Crippen molar-refractivity contribution in [1.29, 1.82) is 0 Å². The summed E-state index contributed by atoms with van der Waals surface area (Å²) >= 11 is 0. The maximum Gasteiger partial charge on any atom is 0.226 e. The van der Waals surface area contributed by atoms with Gasteiger partial charge in [-0.2, -0.15) is 0 Å². The van der Waals surface area contributed by atoms with Crippen molar-refractivity contribution in [2.24, 2.45) is 5.92 Å². The van der Waals surface area contributed by atoms with Crippen molar-refractivity contribution in [3.8, 4) is 0 Å². The van der Waals surface area contributed by atoms with Gasteiger partial charge in [-0.1, -0.05) is 0 Å². The molecule has 4 fully saturated rings. The molecular formula is C19H32N2O5. The van der Waals surface area contributed by atoms with Gasteiger partial charge in [0.2, 0.25) is 5.91 Å². The summed E-state index contributed by atoms with van der Waals surface area (Å²) in [5.41, 5.74) is 0. The average molecular weight is 368 g/mol. The first-order valence-electron chi connectivity index (χ1n) is 10.2. The Bertz CT molecular complexity index is 479. The van der Waals surface area contributed by atoms with Gasteiger partial charge in [-0.15, -0.1) is 0 Å². The highest BCUT2D eigenvalue weighted by Crippen LogP contribution is 2.36. The van der Waals surface area contributed by atoms with Gasteiger partial charge in [0, 0.05) is 32.1 Å². The van der Waals surface area contributed by atoms with Crippen LogP contribution >= 0.6 is 0 Å². The summed E-state index contributed by atoms with van der Waals surface area (Å²) in [6.45, 7) is 6.78. The molecule has 26 heavy (non-hydrogen) atoms. The Balaban J connectivity index is 1.15. The maximum atomic E-state index is 12.6. The number of hydrogen-bond donors (Lipinski definition) is 1. The largest absolute Gasteiger partial charge is 0.393 e. The van der Waals surface area contributed by atoms with Crippen molar-refractivity contribution in [1.82, 2.24) is 9.80 Å². The van der Waals surface area contributed by atoms with E-state index in [-0.39, 0.29) is 36.2 Å². The van der Waals surface area contributed by atoms with E-state index in [0.717, 1.165) is 65.3 Å². The first-order valence-corrected chi connectivity index (χ1v) is 10.2. The molecule has 3 heterocycles. The summed E-state index contributed by atoms with van der Waals surface area (Å²) in [6, 6.07) is 0.227. The molecule has 0 unspecified atom stereocenters. The Morgan fingerprint density at radius 1 is 1.12 bits per heavy atom. The molecule has 0 bridgehead atoms. The standard InChI is InChI=1S/C19H32N2O5/c22-15-11-14(12-15)19(23)21-4-3-18-17(21)2-1-16(26-18)13-25-10-7-20-5-8-24-9-6-20/h14-18,22H,1-13H2/t14?,15?,16-,17-,18-/m1/s1. The van der Waals surface area contributed by atoms with Gasteiger partial charge in [0.1, 0.15) is 0 Å². The van der Waals surface area contributed by atoms with E-state index in [1.54, 1.807) is 0 Å². The van der Waals surface area contributed by atoms with Gasteiger partial charge in [-0.05, 0) is 32.1 Å². The summed E-state index contributed by atoms with van der Waals surface area (Å²) in [5, 5.41) is 9.44. The third-order valence-electron chi connectivity index (χ3n) is 6.34. The van der Waals surface area contributed by atoms with Crippen molar-refractivity contribution >= 4 is 5.91 Å². The molecule has 4 rings (SSSR count). The third kappa shape index (κ3) is 4.22. The van der Waals surface area contributed by atoms with Crippen molar-refractivity contribution in [2.45, 2.75) is 56.5 Å². The minimum atomic E-state index is -0.274. The van der Waals surface area contributed by atoms with Crippen LogP contribution in [0.5, 0.6) is 0 Å². The van der Waals surface area contributed by atoms with Crippen molar-refractivity contribution in [3.63, 3.8) is 0 Å². The third-order valence-corrected chi connectivity index (χ3v) is 6.34. The van der Waals surface area contributed by atoms with Crippen molar-refractivity contribution < 1.29 is 24.1 Å². The number of nitrogens with zero attached hydrogens (tertiary/aromatic N) is 2. The molecule has 1 N–H and O–H groups in total. The topological polar surface area (TPSA) is 71.5 Å². The van der Waals surface area contributed by atoms with Gasteiger partial charge in [-0.3, -0.25) is 9.69 Å². The highest BCUT2D eigenvalue weighted by Gasteiger charge is 2.45. The van der Waals surface area contributed by atoms with E-state index < -0.39 is 0 Å². The first kappa shape index (κ1) is 18.6. The number of morpholine rings is 1. The van der Waals surface area contributed by atoms with Crippen LogP contribution in [0.15, 0.2) is 0 Å². The van der Waals surface area contributed by atoms with Crippen LogP contribution in [0.3, 0.4) is 0 Å². The number of carbonyl (C=O) groups is 1. The van der Waals surface area contributed by atoms with Crippen LogP contribution in [0.25, 0.3) is 0 Å². The zero-order chi connectivity index (χ0) is 17.9. The molecule has 4 aliphatic rings. The summed E-state index contributed by atoms with van der Waals surface area (Å²) in [5.74, 6) is 0.261. The molecule has 0 aromatic carbocycles. The Hall–Kier alpha value is -0.730. The van der Waals surface area contributed by atoms with Gasteiger partial charge in [0.05, 0.1) is 50.8 Å². The highest BCUT2D eigenvalue weighted by atomic mass is 16.5. The summed E-state index contributed by atoms with van der Waals surface area (Å²) in [6.07, 6.45) is 4.19.